The molecule has 0 radical (unpaired) electrons. The molecule has 0 spiro atoms. The van der Waals surface area contributed by atoms with Crippen LogP contribution in [0.2, 0.25) is 0 Å². The summed E-state index contributed by atoms with van der Waals surface area (Å²) in [5, 5.41) is 4.23. The van der Waals surface area contributed by atoms with Gasteiger partial charge in [0, 0.05) is 12.8 Å². The molecule has 1 heterocycles. The summed E-state index contributed by atoms with van der Waals surface area (Å²) in [6.45, 7) is 0. The van der Waals surface area contributed by atoms with Gasteiger partial charge in [-0.25, -0.2) is 0 Å². The minimum atomic E-state index is -0.0619. The first kappa shape index (κ1) is 14.7. The Bertz CT molecular complexity index is 832. The second kappa shape index (κ2) is 5.96. The summed E-state index contributed by atoms with van der Waals surface area (Å²) in [5.74, 6) is 1.03. The molecule has 0 N–H and O–H groups in total. The first-order valence-corrected chi connectivity index (χ1v) is 7.94. The third-order valence-corrected chi connectivity index (χ3v) is 4.45. The van der Waals surface area contributed by atoms with Crippen molar-refractivity contribution in [3.05, 3.63) is 71.3 Å². The molecule has 0 aromatic heterocycles. The quantitative estimate of drug-likeness (QED) is 0.858. The Morgan fingerprint density at radius 1 is 1.04 bits per heavy atom. The van der Waals surface area contributed by atoms with Crippen molar-refractivity contribution in [2.24, 2.45) is 5.16 Å². The van der Waals surface area contributed by atoms with Gasteiger partial charge in [-0.05, 0) is 52.6 Å². The van der Waals surface area contributed by atoms with E-state index >= 15 is 0 Å². The van der Waals surface area contributed by atoms with E-state index in [-0.39, 0.29) is 11.9 Å². The maximum atomic E-state index is 11.1. The molecule has 4 heteroatoms. The first-order chi connectivity index (χ1) is 11.7. The zero-order valence-electron chi connectivity index (χ0n) is 13.4. The zero-order valence-corrected chi connectivity index (χ0v) is 13.4. The molecule has 1 aliphatic carbocycles. The molecule has 2 aliphatic rings. The molecule has 2 aromatic rings. The van der Waals surface area contributed by atoms with Crippen LogP contribution in [0.15, 0.2) is 59.8 Å². The predicted molar refractivity (Wildman–Crippen MR) is 92.0 cm³/mol. The van der Waals surface area contributed by atoms with Gasteiger partial charge >= 0.3 is 0 Å². The minimum absolute atomic E-state index is 0.0619. The summed E-state index contributed by atoms with van der Waals surface area (Å²) in [7, 11) is 1.65. The fraction of sp³-hybridized carbons (Fsp3) is 0.200. The summed E-state index contributed by atoms with van der Waals surface area (Å²) in [6, 6.07) is 16.0. The van der Waals surface area contributed by atoms with Crippen molar-refractivity contribution in [1.82, 2.24) is 0 Å². The molecule has 1 atom stereocenters. The molecule has 2 aromatic carbocycles. The molecule has 24 heavy (non-hydrogen) atoms. The average molecular weight is 319 g/mol. The molecule has 1 unspecified atom stereocenters. The van der Waals surface area contributed by atoms with Crippen LogP contribution in [0.1, 0.15) is 35.6 Å². The highest BCUT2D eigenvalue weighted by Gasteiger charge is 2.24. The van der Waals surface area contributed by atoms with Crippen LogP contribution in [0.5, 0.6) is 5.75 Å². The normalized spacial score (nSPS) is 19.2. The van der Waals surface area contributed by atoms with Crippen molar-refractivity contribution >= 4 is 17.1 Å². The van der Waals surface area contributed by atoms with Crippen LogP contribution in [-0.2, 0) is 9.63 Å². The van der Waals surface area contributed by atoms with Crippen LogP contribution in [0, 0.1) is 0 Å². The molecule has 0 saturated carbocycles. The minimum Gasteiger partial charge on any atom is -0.497 e. The third kappa shape index (κ3) is 2.71. The van der Waals surface area contributed by atoms with Crippen LogP contribution in [0.3, 0.4) is 0 Å². The van der Waals surface area contributed by atoms with Crippen molar-refractivity contribution in [3.63, 3.8) is 0 Å². The van der Waals surface area contributed by atoms with Gasteiger partial charge in [0.2, 0.25) is 0 Å². The number of hydrogen-bond donors (Lipinski definition) is 0. The lowest BCUT2D eigenvalue weighted by Crippen LogP contribution is -2.07. The molecule has 4 rings (SSSR count). The van der Waals surface area contributed by atoms with Gasteiger partial charge in [0.1, 0.15) is 5.75 Å². The third-order valence-electron chi connectivity index (χ3n) is 4.45. The Hall–Kier alpha value is -2.88. The van der Waals surface area contributed by atoms with Crippen molar-refractivity contribution < 1.29 is 14.4 Å². The van der Waals surface area contributed by atoms with Gasteiger partial charge in [0.25, 0.3) is 0 Å². The Labute approximate surface area is 140 Å². The van der Waals surface area contributed by atoms with E-state index in [2.05, 4.69) is 17.3 Å². The Morgan fingerprint density at radius 2 is 1.71 bits per heavy atom. The van der Waals surface area contributed by atoms with Gasteiger partial charge in [-0.2, -0.15) is 0 Å². The summed E-state index contributed by atoms with van der Waals surface area (Å²) >= 11 is 0. The Kier molecular flexibility index (Phi) is 3.65. The van der Waals surface area contributed by atoms with Gasteiger partial charge in [-0.1, -0.05) is 29.4 Å². The predicted octanol–water partition coefficient (Wildman–Crippen LogP) is 3.92. The molecule has 0 saturated heterocycles. The maximum absolute atomic E-state index is 11.1. The van der Waals surface area contributed by atoms with E-state index in [4.69, 9.17) is 9.57 Å². The lowest BCUT2D eigenvalue weighted by Gasteiger charge is -2.15. The van der Waals surface area contributed by atoms with Gasteiger partial charge in [0.05, 0.1) is 12.8 Å². The molecule has 0 fully saturated rings. The number of allylic oxidation sites excluding steroid dienone is 2. The second-order valence-electron chi connectivity index (χ2n) is 6.00. The topological polar surface area (TPSA) is 47.9 Å². The number of benzene rings is 2. The average Bonchev–Trinajstić information content (AvgIpc) is 3.09. The molecule has 0 bridgehead atoms. The highest BCUT2D eigenvalue weighted by molar-refractivity contribution is 6.11. The number of ketones is 1. The molecule has 120 valence electrons. The zero-order chi connectivity index (χ0) is 16.5. The Morgan fingerprint density at radius 3 is 2.33 bits per heavy atom. The molecular weight excluding hydrogens is 302 g/mol. The van der Waals surface area contributed by atoms with Crippen LogP contribution >= 0.6 is 0 Å². The summed E-state index contributed by atoms with van der Waals surface area (Å²) in [4.78, 5) is 16.7. The number of methoxy groups -OCH3 is 1. The van der Waals surface area contributed by atoms with Gasteiger partial charge in [-0.3, -0.25) is 4.79 Å². The van der Waals surface area contributed by atoms with Gasteiger partial charge in [-0.15, -0.1) is 0 Å². The monoisotopic (exact) mass is 319 g/mol. The standard InChI is InChI=1S/C20H17NO3/c1-23-18-8-6-14(7-9-18)19-12-20(24-21-19)15-4-2-13(3-5-15)16-10-17(22)11-16/h2-10,20H,11-12H2,1H3. The number of rotatable bonds is 4. The van der Waals surface area contributed by atoms with Gasteiger partial charge in [0.15, 0.2) is 11.9 Å². The number of nitrogens with zero attached hydrogens (tertiary/aromatic N) is 1. The van der Waals surface area contributed by atoms with Crippen molar-refractivity contribution in [3.8, 4) is 5.75 Å². The van der Waals surface area contributed by atoms with E-state index in [1.165, 1.54) is 0 Å². The summed E-state index contributed by atoms with van der Waals surface area (Å²) in [6.07, 6.45) is 2.93. The van der Waals surface area contributed by atoms with Crippen LogP contribution in [0.25, 0.3) is 5.57 Å². The lowest BCUT2D eigenvalue weighted by molar-refractivity contribution is -0.114. The van der Waals surface area contributed by atoms with E-state index in [9.17, 15) is 4.79 Å². The fourth-order valence-electron chi connectivity index (χ4n) is 2.96. The summed E-state index contributed by atoms with van der Waals surface area (Å²) in [5.41, 5.74) is 5.30. The Balaban J connectivity index is 1.45. The molecule has 0 amide bonds. The lowest BCUT2D eigenvalue weighted by atomic mass is 9.90. The molecule has 4 nitrogen and oxygen atoms in total. The van der Waals surface area contributed by atoms with Gasteiger partial charge < -0.3 is 9.57 Å². The first-order valence-electron chi connectivity index (χ1n) is 7.94. The summed E-state index contributed by atoms with van der Waals surface area (Å²) < 4.78 is 5.18. The van der Waals surface area contributed by atoms with E-state index in [1.807, 2.05) is 36.4 Å². The van der Waals surface area contributed by atoms with Crippen LogP contribution < -0.4 is 4.74 Å². The van der Waals surface area contributed by atoms with Crippen molar-refractivity contribution in [2.75, 3.05) is 7.11 Å². The smallest absolute Gasteiger partial charge is 0.160 e. The second-order valence-corrected chi connectivity index (χ2v) is 6.00. The highest BCUT2D eigenvalue weighted by atomic mass is 16.6. The SMILES string of the molecule is COc1ccc(C2=NOC(c3ccc(C4=CC(=O)C4)cc3)C2)cc1. The van der Waals surface area contributed by atoms with Crippen molar-refractivity contribution in [2.45, 2.75) is 18.9 Å². The van der Waals surface area contributed by atoms with E-state index in [0.29, 0.717) is 6.42 Å². The van der Waals surface area contributed by atoms with E-state index < -0.39 is 0 Å². The fourth-order valence-corrected chi connectivity index (χ4v) is 2.96. The number of ether oxygens (including phenoxy) is 1. The highest BCUT2D eigenvalue weighted by Crippen LogP contribution is 2.32. The number of hydrogen-bond acceptors (Lipinski definition) is 4. The number of oxime groups is 1. The largest absolute Gasteiger partial charge is 0.497 e. The van der Waals surface area contributed by atoms with Crippen molar-refractivity contribution in [1.29, 1.82) is 0 Å². The van der Waals surface area contributed by atoms with E-state index in [1.54, 1.807) is 13.2 Å². The number of carbonyl (C=O) groups is 1. The van der Waals surface area contributed by atoms with Crippen LogP contribution in [0.4, 0.5) is 0 Å². The molecular formula is C20H17NO3. The maximum Gasteiger partial charge on any atom is 0.160 e. The molecule has 1 aliphatic heterocycles. The van der Waals surface area contributed by atoms with E-state index in [0.717, 1.165) is 40.1 Å². The number of carbonyl (C=O) groups excluding carboxylic acids is 1. The van der Waals surface area contributed by atoms with Crippen LogP contribution in [-0.4, -0.2) is 18.6 Å².